The maximum absolute atomic E-state index is 12.4. The van der Waals surface area contributed by atoms with Crippen LogP contribution in [0.3, 0.4) is 0 Å². The smallest absolute Gasteiger partial charge is 0.406 e. The molecule has 32 heavy (non-hydrogen) atoms. The summed E-state index contributed by atoms with van der Waals surface area (Å²) in [5.41, 5.74) is 2.90. The molecule has 0 aliphatic rings. The zero-order valence-corrected chi connectivity index (χ0v) is 18.4. The summed E-state index contributed by atoms with van der Waals surface area (Å²) >= 11 is 0. The minimum Gasteiger partial charge on any atom is -0.406 e. The van der Waals surface area contributed by atoms with Crippen LogP contribution in [-0.4, -0.2) is 37.5 Å². The highest BCUT2D eigenvalue weighted by Crippen LogP contribution is 2.29. The number of nitrogens with one attached hydrogen (secondary N) is 2. The summed E-state index contributed by atoms with van der Waals surface area (Å²) < 4.78 is 66.4. The number of fused-ring (bicyclic) bond motifs is 1. The number of halogens is 3. The van der Waals surface area contributed by atoms with Gasteiger partial charge in [0.25, 0.3) is 5.56 Å². The van der Waals surface area contributed by atoms with Crippen molar-refractivity contribution in [3.05, 3.63) is 58.0 Å². The first kappa shape index (κ1) is 23.7. The average molecular weight is 469 g/mol. The average Bonchev–Trinajstić information content (AvgIpc) is 2.65. The van der Waals surface area contributed by atoms with Gasteiger partial charge in [-0.1, -0.05) is 26.0 Å². The third kappa shape index (κ3) is 6.07. The van der Waals surface area contributed by atoms with Crippen LogP contribution in [0.25, 0.3) is 22.2 Å². The van der Waals surface area contributed by atoms with E-state index in [9.17, 15) is 26.4 Å². The fraction of sp³-hybridized carbons (Fsp3) is 0.333. The lowest BCUT2D eigenvalue weighted by Gasteiger charge is -2.13. The van der Waals surface area contributed by atoms with Crippen molar-refractivity contribution in [3.8, 4) is 16.9 Å². The van der Waals surface area contributed by atoms with Crippen LogP contribution in [0.5, 0.6) is 5.75 Å². The van der Waals surface area contributed by atoms with Crippen LogP contribution >= 0.6 is 0 Å². The highest BCUT2D eigenvalue weighted by molar-refractivity contribution is 7.88. The molecule has 1 aromatic heterocycles. The predicted octanol–water partition coefficient (Wildman–Crippen LogP) is 3.70. The van der Waals surface area contributed by atoms with Gasteiger partial charge in [0.15, 0.2) is 0 Å². The molecule has 7 nitrogen and oxygen atoms in total. The molecular formula is C21H22F3N3O4S. The molecule has 0 saturated heterocycles. The molecule has 0 atom stereocenters. The van der Waals surface area contributed by atoms with Crippen molar-refractivity contribution in [1.29, 1.82) is 0 Å². The van der Waals surface area contributed by atoms with E-state index in [0.717, 1.165) is 6.26 Å². The van der Waals surface area contributed by atoms with Crippen molar-refractivity contribution in [2.24, 2.45) is 0 Å². The molecule has 1 heterocycles. The molecule has 0 spiro atoms. The summed E-state index contributed by atoms with van der Waals surface area (Å²) in [6.07, 6.45) is -3.44. The van der Waals surface area contributed by atoms with Crippen LogP contribution in [0.4, 0.5) is 13.2 Å². The Morgan fingerprint density at radius 3 is 2.34 bits per heavy atom. The van der Waals surface area contributed by atoms with Gasteiger partial charge in [0, 0.05) is 12.5 Å². The number of hydrogen-bond donors (Lipinski definition) is 2. The number of sulfonamides is 1. The molecule has 172 valence electrons. The second-order valence-electron chi connectivity index (χ2n) is 7.63. The number of alkyl halides is 3. The summed E-state index contributed by atoms with van der Waals surface area (Å²) in [5, 5.41) is 0. The van der Waals surface area contributed by atoms with E-state index in [4.69, 9.17) is 0 Å². The van der Waals surface area contributed by atoms with Gasteiger partial charge in [-0.05, 0) is 47.4 Å². The van der Waals surface area contributed by atoms with Gasteiger partial charge in [-0.15, -0.1) is 13.2 Å². The molecule has 0 amide bonds. The molecule has 3 rings (SSSR count). The van der Waals surface area contributed by atoms with Gasteiger partial charge in [0.2, 0.25) is 10.0 Å². The van der Waals surface area contributed by atoms with E-state index in [1.165, 1.54) is 24.3 Å². The Morgan fingerprint density at radius 1 is 1.12 bits per heavy atom. The molecule has 2 aromatic carbocycles. The van der Waals surface area contributed by atoms with Crippen LogP contribution in [0, 0.1) is 0 Å². The van der Waals surface area contributed by atoms with Gasteiger partial charge < -0.3 is 9.72 Å². The standard InChI is InChI=1S/C21H22F3N3O4S/c1-12(2)18-20(28)26-17-11-15(13-4-6-16(7-5-13)31-21(22,23)24)10-14(19(17)27-18)8-9-25-32(3,29)30/h4-7,10-12,25H,8-9H2,1-3H3,(H,26,28). The molecule has 0 aliphatic carbocycles. The van der Waals surface area contributed by atoms with Gasteiger partial charge in [-0.25, -0.2) is 18.1 Å². The van der Waals surface area contributed by atoms with Crippen LogP contribution in [0.2, 0.25) is 0 Å². The number of benzene rings is 2. The number of ether oxygens (including phenoxy) is 1. The van der Waals surface area contributed by atoms with Gasteiger partial charge in [-0.2, -0.15) is 0 Å². The van der Waals surface area contributed by atoms with E-state index < -0.39 is 16.4 Å². The lowest BCUT2D eigenvalue weighted by molar-refractivity contribution is -0.274. The van der Waals surface area contributed by atoms with Crippen molar-refractivity contribution < 1.29 is 26.3 Å². The number of aromatic amines is 1. The Hall–Kier alpha value is -2.92. The second kappa shape index (κ2) is 8.91. The number of hydrogen-bond acceptors (Lipinski definition) is 5. The Morgan fingerprint density at radius 2 is 1.78 bits per heavy atom. The summed E-state index contributed by atoms with van der Waals surface area (Å²) in [4.78, 5) is 19.7. The SMILES string of the molecule is CC(C)c1nc2c(CCNS(C)(=O)=O)cc(-c3ccc(OC(F)(F)F)cc3)cc2[nH]c1=O. The molecule has 0 fully saturated rings. The first-order valence-electron chi connectivity index (χ1n) is 9.70. The van der Waals surface area contributed by atoms with E-state index in [1.807, 2.05) is 13.8 Å². The summed E-state index contributed by atoms with van der Waals surface area (Å²) in [5.74, 6) is -0.470. The predicted molar refractivity (Wildman–Crippen MR) is 115 cm³/mol. The Kier molecular flexibility index (Phi) is 6.61. The van der Waals surface area contributed by atoms with Crippen molar-refractivity contribution in [2.45, 2.75) is 32.5 Å². The van der Waals surface area contributed by atoms with Gasteiger partial charge in [0.05, 0.1) is 17.3 Å². The molecule has 0 unspecified atom stereocenters. The van der Waals surface area contributed by atoms with E-state index in [-0.39, 0.29) is 23.8 Å². The number of aromatic nitrogens is 2. The fourth-order valence-corrected chi connectivity index (χ4v) is 3.72. The van der Waals surface area contributed by atoms with Crippen LogP contribution < -0.4 is 15.0 Å². The van der Waals surface area contributed by atoms with E-state index in [2.05, 4.69) is 19.4 Å². The van der Waals surface area contributed by atoms with Crippen LogP contribution in [-0.2, 0) is 16.4 Å². The highest BCUT2D eigenvalue weighted by Gasteiger charge is 2.31. The minimum atomic E-state index is -4.79. The van der Waals surface area contributed by atoms with Gasteiger partial charge in [0.1, 0.15) is 11.4 Å². The highest BCUT2D eigenvalue weighted by atomic mass is 32.2. The molecule has 2 N–H and O–H groups in total. The topological polar surface area (TPSA) is 101 Å². The van der Waals surface area contributed by atoms with Crippen molar-refractivity contribution in [2.75, 3.05) is 12.8 Å². The Balaban J connectivity index is 2.07. The summed E-state index contributed by atoms with van der Waals surface area (Å²) in [6.45, 7) is 3.80. The van der Waals surface area contributed by atoms with Crippen molar-refractivity contribution in [1.82, 2.24) is 14.7 Å². The fourth-order valence-electron chi connectivity index (χ4n) is 3.25. The largest absolute Gasteiger partial charge is 0.573 e. The van der Waals surface area contributed by atoms with E-state index in [0.29, 0.717) is 39.8 Å². The molecule has 0 radical (unpaired) electrons. The normalized spacial score (nSPS) is 12.5. The molecule has 0 saturated carbocycles. The zero-order chi connectivity index (χ0) is 23.7. The first-order valence-corrected chi connectivity index (χ1v) is 11.6. The number of rotatable bonds is 7. The molecular weight excluding hydrogens is 447 g/mol. The van der Waals surface area contributed by atoms with Gasteiger partial charge >= 0.3 is 6.36 Å². The van der Waals surface area contributed by atoms with Crippen LogP contribution in [0.15, 0.2) is 41.2 Å². The number of nitrogens with zero attached hydrogens (tertiary/aromatic N) is 1. The third-order valence-electron chi connectivity index (χ3n) is 4.63. The quantitative estimate of drug-likeness (QED) is 0.550. The molecule has 3 aromatic rings. The maximum atomic E-state index is 12.4. The van der Waals surface area contributed by atoms with Gasteiger partial charge in [-0.3, -0.25) is 4.79 Å². The molecule has 0 bridgehead atoms. The van der Waals surface area contributed by atoms with Crippen molar-refractivity contribution >= 4 is 21.1 Å². The molecule has 11 heteroatoms. The monoisotopic (exact) mass is 469 g/mol. The van der Waals surface area contributed by atoms with Crippen molar-refractivity contribution in [3.63, 3.8) is 0 Å². The summed E-state index contributed by atoms with van der Waals surface area (Å²) in [7, 11) is -3.39. The van der Waals surface area contributed by atoms with E-state index in [1.54, 1.807) is 12.1 Å². The zero-order valence-electron chi connectivity index (χ0n) is 17.6. The first-order chi connectivity index (χ1) is 14.8. The maximum Gasteiger partial charge on any atom is 0.573 e. The Bertz CT molecular complexity index is 1280. The number of H-pyrrole nitrogens is 1. The third-order valence-corrected chi connectivity index (χ3v) is 5.36. The van der Waals surface area contributed by atoms with Crippen LogP contribution in [0.1, 0.15) is 31.0 Å². The second-order valence-corrected chi connectivity index (χ2v) is 9.46. The Labute approximate surface area is 182 Å². The lowest BCUT2D eigenvalue weighted by Crippen LogP contribution is -2.24. The summed E-state index contributed by atoms with van der Waals surface area (Å²) in [6, 6.07) is 8.79. The molecule has 0 aliphatic heterocycles. The minimum absolute atomic E-state index is 0.119. The van der Waals surface area contributed by atoms with E-state index >= 15 is 0 Å². The lowest BCUT2D eigenvalue weighted by atomic mass is 9.99.